The summed E-state index contributed by atoms with van der Waals surface area (Å²) in [7, 11) is 1.45. The Morgan fingerprint density at radius 3 is 2.50 bits per heavy atom. The molecule has 0 aromatic heterocycles. The number of ether oxygens (including phenoxy) is 2. The van der Waals surface area contributed by atoms with Gasteiger partial charge in [0.15, 0.2) is 11.5 Å². The van der Waals surface area contributed by atoms with E-state index in [1.807, 2.05) is 13.8 Å². The number of hydrogen-bond donors (Lipinski definition) is 2. The van der Waals surface area contributed by atoms with Crippen LogP contribution in [0.3, 0.4) is 0 Å². The van der Waals surface area contributed by atoms with Crippen LogP contribution in [-0.4, -0.2) is 30.8 Å². The zero-order valence-corrected chi connectivity index (χ0v) is 16.4. The molecule has 2 amide bonds. The average molecular weight is 410 g/mol. The fraction of sp³-hybridized carbons (Fsp3) is 0.263. The van der Waals surface area contributed by atoms with Crippen molar-refractivity contribution < 1.29 is 27.8 Å². The zero-order valence-electron chi connectivity index (χ0n) is 15.5. The van der Waals surface area contributed by atoms with Gasteiger partial charge in [-0.1, -0.05) is 0 Å². The van der Waals surface area contributed by atoms with Crippen molar-refractivity contribution in [2.45, 2.75) is 24.8 Å². The van der Waals surface area contributed by atoms with E-state index in [2.05, 4.69) is 10.9 Å². The van der Waals surface area contributed by atoms with E-state index in [9.17, 15) is 18.4 Å². The van der Waals surface area contributed by atoms with Gasteiger partial charge in [-0.05, 0) is 50.2 Å². The predicted molar refractivity (Wildman–Crippen MR) is 101 cm³/mol. The van der Waals surface area contributed by atoms with Crippen molar-refractivity contribution >= 4 is 23.6 Å². The first kappa shape index (κ1) is 21.5. The highest BCUT2D eigenvalue weighted by Crippen LogP contribution is 2.29. The molecule has 2 aromatic carbocycles. The average Bonchev–Trinajstić information content (AvgIpc) is 2.66. The molecule has 0 heterocycles. The van der Waals surface area contributed by atoms with E-state index >= 15 is 0 Å². The number of benzene rings is 2. The molecule has 0 atom stereocenters. The molecule has 0 aliphatic heterocycles. The fourth-order valence-electron chi connectivity index (χ4n) is 2.13. The number of rotatable bonds is 7. The lowest BCUT2D eigenvalue weighted by Gasteiger charge is -2.14. The Labute approximate surface area is 165 Å². The van der Waals surface area contributed by atoms with Crippen LogP contribution in [0.1, 0.15) is 24.2 Å². The minimum absolute atomic E-state index is 0.00644. The Morgan fingerprint density at radius 2 is 1.82 bits per heavy atom. The number of thioether (sulfide) groups is 1. The second-order valence-electron chi connectivity index (χ2n) is 5.90. The van der Waals surface area contributed by atoms with Crippen LogP contribution in [-0.2, 0) is 4.79 Å². The van der Waals surface area contributed by atoms with Crippen LogP contribution in [0.15, 0.2) is 41.3 Å². The van der Waals surface area contributed by atoms with Crippen LogP contribution < -0.4 is 20.3 Å². The summed E-state index contributed by atoms with van der Waals surface area (Å²) in [5.41, 5.74) is 4.73. The molecule has 0 unspecified atom stereocenters. The molecular formula is C19H20F2N2O4S. The number of hydrazine groups is 1. The van der Waals surface area contributed by atoms with Gasteiger partial charge in [-0.15, -0.1) is 11.8 Å². The van der Waals surface area contributed by atoms with Gasteiger partial charge in [0.2, 0.25) is 5.91 Å². The van der Waals surface area contributed by atoms with E-state index in [-0.39, 0.29) is 22.3 Å². The van der Waals surface area contributed by atoms with E-state index in [1.54, 1.807) is 6.07 Å². The maximum Gasteiger partial charge on any atom is 0.269 e. The number of carbonyl (C=O) groups excluding carboxylic acids is 2. The fourth-order valence-corrected chi connectivity index (χ4v) is 2.89. The molecule has 0 bridgehead atoms. The first-order chi connectivity index (χ1) is 13.3. The number of nitrogens with one attached hydrogen (secondary N) is 2. The van der Waals surface area contributed by atoms with Crippen LogP contribution in [0.25, 0.3) is 0 Å². The highest BCUT2D eigenvalue weighted by molar-refractivity contribution is 8.00. The lowest BCUT2D eigenvalue weighted by molar-refractivity contribution is -0.119. The SMILES string of the molecule is COc1cc(C(=O)NNC(=O)CSc2cc(F)ccc2F)ccc1OC(C)C. The van der Waals surface area contributed by atoms with Crippen LogP contribution in [0.4, 0.5) is 8.78 Å². The smallest absolute Gasteiger partial charge is 0.269 e. The van der Waals surface area contributed by atoms with Crippen LogP contribution in [0.5, 0.6) is 11.5 Å². The molecular weight excluding hydrogens is 390 g/mol. The van der Waals surface area contributed by atoms with Crippen molar-refractivity contribution in [2.75, 3.05) is 12.9 Å². The maximum absolute atomic E-state index is 13.5. The minimum atomic E-state index is -0.626. The highest BCUT2D eigenvalue weighted by atomic mass is 32.2. The van der Waals surface area contributed by atoms with E-state index in [1.165, 1.54) is 19.2 Å². The number of halogens is 2. The largest absolute Gasteiger partial charge is 0.493 e. The molecule has 0 aliphatic carbocycles. The molecule has 9 heteroatoms. The normalized spacial score (nSPS) is 10.5. The Hall–Kier alpha value is -2.81. The molecule has 150 valence electrons. The van der Waals surface area contributed by atoms with E-state index in [0.717, 1.165) is 30.0 Å². The second kappa shape index (κ2) is 9.93. The Bertz CT molecular complexity index is 862. The molecule has 0 fully saturated rings. The number of amides is 2. The van der Waals surface area contributed by atoms with Crippen molar-refractivity contribution in [3.8, 4) is 11.5 Å². The third kappa shape index (κ3) is 6.12. The van der Waals surface area contributed by atoms with Gasteiger partial charge in [0, 0.05) is 10.5 Å². The lowest BCUT2D eigenvalue weighted by Crippen LogP contribution is -2.42. The van der Waals surface area contributed by atoms with Crippen LogP contribution in [0.2, 0.25) is 0 Å². The van der Waals surface area contributed by atoms with Gasteiger partial charge < -0.3 is 9.47 Å². The molecule has 0 aliphatic rings. The first-order valence-electron chi connectivity index (χ1n) is 8.32. The van der Waals surface area contributed by atoms with Gasteiger partial charge in [0.05, 0.1) is 19.0 Å². The second-order valence-corrected chi connectivity index (χ2v) is 6.92. The van der Waals surface area contributed by atoms with Gasteiger partial charge in [-0.3, -0.25) is 20.4 Å². The van der Waals surface area contributed by atoms with Crippen molar-refractivity contribution in [2.24, 2.45) is 0 Å². The summed E-state index contributed by atoms with van der Waals surface area (Å²) in [6.07, 6.45) is -0.0618. The van der Waals surface area contributed by atoms with Gasteiger partial charge in [-0.25, -0.2) is 8.78 Å². The summed E-state index contributed by atoms with van der Waals surface area (Å²) in [5.74, 6) is -1.70. The lowest BCUT2D eigenvalue weighted by atomic mass is 10.2. The topological polar surface area (TPSA) is 76.7 Å². The maximum atomic E-state index is 13.5. The number of hydrogen-bond acceptors (Lipinski definition) is 5. The highest BCUT2D eigenvalue weighted by Gasteiger charge is 2.13. The standard InChI is InChI=1S/C19H20F2N2O4S/c1-11(2)27-15-7-4-12(8-16(15)26-3)19(25)23-22-18(24)10-28-17-9-13(20)5-6-14(17)21/h4-9,11H,10H2,1-3H3,(H,22,24)(H,23,25). The van der Waals surface area contributed by atoms with Crippen molar-refractivity contribution in [1.29, 1.82) is 0 Å². The van der Waals surface area contributed by atoms with Gasteiger partial charge in [0.1, 0.15) is 11.6 Å². The van der Waals surface area contributed by atoms with Gasteiger partial charge in [-0.2, -0.15) is 0 Å². The monoisotopic (exact) mass is 410 g/mol. The van der Waals surface area contributed by atoms with Gasteiger partial charge >= 0.3 is 0 Å². The molecule has 0 spiro atoms. The Balaban J connectivity index is 1.90. The van der Waals surface area contributed by atoms with Crippen LogP contribution in [0, 0.1) is 11.6 Å². The van der Waals surface area contributed by atoms with E-state index in [0.29, 0.717) is 11.5 Å². The summed E-state index contributed by atoms with van der Waals surface area (Å²) in [4.78, 5) is 24.0. The molecule has 28 heavy (non-hydrogen) atoms. The zero-order chi connectivity index (χ0) is 20.7. The molecule has 0 saturated carbocycles. The van der Waals surface area contributed by atoms with E-state index < -0.39 is 23.4 Å². The number of methoxy groups -OCH3 is 1. The summed E-state index contributed by atoms with van der Waals surface area (Å²) >= 11 is 0.816. The summed E-state index contributed by atoms with van der Waals surface area (Å²) in [6.45, 7) is 3.73. The summed E-state index contributed by atoms with van der Waals surface area (Å²) in [5, 5.41) is 0. The predicted octanol–water partition coefficient (Wildman–Crippen LogP) is 3.31. The van der Waals surface area contributed by atoms with Crippen molar-refractivity contribution in [3.05, 3.63) is 53.6 Å². The molecule has 2 rings (SSSR count). The summed E-state index contributed by atoms with van der Waals surface area (Å²) in [6, 6.07) is 7.58. The van der Waals surface area contributed by atoms with Gasteiger partial charge in [0.25, 0.3) is 5.91 Å². The minimum Gasteiger partial charge on any atom is -0.493 e. The first-order valence-corrected chi connectivity index (χ1v) is 9.30. The quantitative estimate of drug-likeness (QED) is 0.541. The van der Waals surface area contributed by atoms with Crippen molar-refractivity contribution in [3.63, 3.8) is 0 Å². The van der Waals surface area contributed by atoms with Crippen LogP contribution >= 0.6 is 11.8 Å². The van der Waals surface area contributed by atoms with E-state index in [4.69, 9.17) is 9.47 Å². The molecule has 2 aromatic rings. The van der Waals surface area contributed by atoms with Crippen molar-refractivity contribution in [1.82, 2.24) is 10.9 Å². The molecule has 0 radical (unpaired) electrons. The number of carbonyl (C=O) groups is 2. The molecule has 2 N–H and O–H groups in total. The molecule has 6 nitrogen and oxygen atoms in total. The Morgan fingerprint density at radius 1 is 1.07 bits per heavy atom. The third-order valence-electron chi connectivity index (χ3n) is 3.36. The third-order valence-corrected chi connectivity index (χ3v) is 4.39. The molecule has 0 saturated heterocycles. The summed E-state index contributed by atoms with van der Waals surface area (Å²) < 4.78 is 37.4. The Kier molecular flexibility index (Phi) is 7.62.